The highest BCUT2D eigenvalue weighted by Crippen LogP contribution is 2.40. The van der Waals surface area contributed by atoms with Crippen molar-refractivity contribution >= 4 is 34.8 Å². The third-order valence-corrected chi connectivity index (χ3v) is 6.86. The minimum Gasteiger partial charge on any atom is -0.482 e. The van der Waals surface area contributed by atoms with E-state index in [1.54, 1.807) is 33.0 Å². The van der Waals surface area contributed by atoms with E-state index in [-0.39, 0.29) is 17.2 Å². The van der Waals surface area contributed by atoms with E-state index in [0.717, 1.165) is 28.2 Å². The molecule has 2 heterocycles. The number of benzene rings is 2. The van der Waals surface area contributed by atoms with Crippen molar-refractivity contribution in [2.75, 3.05) is 13.2 Å². The second kappa shape index (κ2) is 9.80. The van der Waals surface area contributed by atoms with Crippen LogP contribution in [-0.4, -0.2) is 39.6 Å². The highest BCUT2D eigenvalue weighted by molar-refractivity contribution is 7.07. The molecule has 7 nitrogen and oxygen atoms in total. The number of aromatic nitrogens is 1. The maximum atomic E-state index is 13.4. The Labute approximate surface area is 199 Å². The first-order valence-electron chi connectivity index (χ1n) is 10.5. The van der Waals surface area contributed by atoms with E-state index in [1.165, 1.54) is 0 Å². The summed E-state index contributed by atoms with van der Waals surface area (Å²) in [6.45, 7) is 2.14. The molecule has 0 bridgehead atoms. The average Bonchev–Trinajstić information content (AvgIpc) is 3.12. The molecular formula is C24H23ClN2O5S. The zero-order chi connectivity index (χ0) is 23.5. The maximum absolute atomic E-state index is 13.4. The van der Waals surface area contributed by atoms with Crippen molar-refractivity contribution in [3.8, 4) is 5.75 Å². The molecule has 0 radical (unpaired) electrons. The molecule has 0 aliphatic carbocycles. The van der Waals surface area contributed by atoms with Gasteiger partial charge in [-0.05, 0) is 42.7 Å². The Balaban J connectivity index is 1.71. The van der Waals surface area contributed by atoms with Crippen LogP contribution in [0.5, 0.6) is 5.75 Å². The molecule has 172 valence electrons. The molecule has 9 heteroatoms. The number of ether oxygens (including phenoxy) is 1. The quantitative estimate of drug-likeness (QED) is 0.547. The maximum Gasteiger partial charge on any atom is 0.341 e. The summed E-state index contributed by atoms with van der Waals surface area (Å²) in [5.41, 5.74) is 3.52. The summed E-state index contributed by atoms with van der Waals surface area (Å²) in [5, 5.41) is 11.3. The Bertz CT molecular complexity index is 1250. The van der Waals surface area contributed by atoms with Gasteiger partial charge < -0.3 is 19.3 Å². The summed E-state index contributed by atoms with van der Waals surface area (Å²) >= 11 is 7.43. The Morgan fingerprint density at radius 2 is 2.00 bits per heavy atom. The molecule has 0 spiro atoms. The molecule has 1 aliphatic rings. The third kappa shape index (κ3) is 4.96. The van der Waals surface area contributed by atoms with Crippen molar-refractivity contribution in [2.45, 2.75) is 32.4 Å². The first kappa shape index (κ1) is 23.1. The number of aryl methyl sites for hydroxylation is 1. The number of halogens is 1. The van der Waals surface area contributed by atoms with E-state index in [1.807, 2.05) is 31.2 Å². The fourth-order valence-corrected chi connectivity index (χ4v) is 5.14. The molecule has 2 aromatic carbocycles. The minimum absolute atomic E-state index is 0.0833. The van der Waals surface area contributed by atoms with Gasteiger partial charge in [0.2, 0.25) is 5.91 Å². The number of nitrogens with zero attached hydrogens (tertiary/aromatic N) is 2. The van der Waals surface area contributed by atoms with Crippen LogP contribution in [0, 0.1) is 6.92 Å². The summed E-state index contributed by atoms with van der Waals surface area (Å²) in [6, 6.07) is 12.4. The molecule has 0 fully saturated rings. The first-order chi connectivity index (χ1) is 15.8. The van der Waals surface area contributed by atoms with Gasteiger partial charge in [0.1, 0.15) is 5.75 Å². The van der Waals surface area contributed by atoms with Crippen LogP contribution in [0.1, 0.15) is 34.8 Å². The topological polar surface area (TPSA) is 88.8 Å². The molecule has 1 aliphatic heterocycles. The monoisotopic (exact) mass is 486 g/mol. The molecule has 1 atom stereocenters. The lowest BCUT2D eigenvalue weighted by Crippen LogP contribution is -2.41. The molecule has 1 aromatic heterocycles. The molecule has 0 saturated heterocycles. The fourth-order valence-electron chi connectivity index (χ4n) is 4.20. The number of carboxylic acids is 1. The Morgan fingerprint density at radius 1 is 1.21 bits per heavy atom. The van der Waals surface area contributed by atoms with Gasteiger partial charge in [0.05, 0.1) is 6.04 Å². The van der Waals surface area contributed by atoms with Gasteiger partial charge in [0.25, 0.3) is 0 Å². The van der Waals surface area contributed by atoms with Gasteiger partial charge in [0, 0.05) is 41.2 Å². The van der Waals surface area contributed by atoms with Gasteiger partial charge in [0.15, 0.2) is 6.61 Å². The van der Waals surface area contributed by atoms with Crippen LogP contribution in [0.25, 0.3) is 0 Å². The molecule has 33 heavy (non-hydrogen) atoms. The fraction of sp³-hybridized carbons (Fsp3) is 0.292. The average molecular weight is 487 g/mol. The van der Waals surface area contributed by atoms with Crippen LogP contribution in [-0.2, 0) is 22.6 Å². The molecule has 3 aromatic rings. The summed E-state index contributed by atoms with van der Waals surface area (Å²) in [5.74, 6) is -0.827. The van der Waals surface area contributed by atoms with E-state index in [9.17, 15) is 14.4 Å². The van der Waals surface area contributed by atoms with Gasteiger partial charge in [-0.3, -0.25) is 9.59 Å². The van der Waals surface area contributed by atoms with E-state index in [0.29, 0.717) is 35.8 Å². The Kier molecular flexibility index (Phi) is 6.85. The minimum atomic E-state index is -1.09. The number of hydrogen-bond acceptors (Lipinski definition) is 5. The predicted molar refractivity (Wildman–Crippen MR) is 126 cm³/mol. The van der Waals surface area contributed by atoms with E-state index in [4.69, 9.17) is 21.4 Å². The molecule has 1 amide bonds. The predicted octanol–water partition coefficient (Wildman–Crippen LogP) is 3.90. The number of thiazole rings is 1. The largest absolute Gasteiger partial charge is 0.482 e. The third-order valence-electron chi connectivity index (χ3n) is 5.75. The van der Waals surface area contributed by atoms with Gasteiger partial charge in [-0.2, -0.15) is 0 Å². The van der Waals surface area contributed by atoms with Crippen LogP contribution in [0.4, 0.5) is 0 Å². The SMILES string of the molecule is Cc1csc(=O)n1CCC(=O)N1CCc2ccccc2C1c1cc(Cl)ccc1OCC(=O)O. The Hall–Kier alpha value is -3.10. The van der Waals surface area contributed by atoms with Crippen LogP contribution in [0.15, 0.2) is 52.6 Å². The van der Waals surface area contributed by atoms with Gasteiger partial charge in [-0.25, -0.2) is 4.79 Å². The number of fused-ring (bicyclic) bond motifs is 1. The van der Waals surface area contributed by atoms with E-state index >= 15 is 0 Å². The lowest BCUT2D eigenvalue weighted by atomic mass is 9.87. The van der Waals surface area contributed by atoms with Crippen molar-refractivity contribution in [1.82, 2.24) is 9.47 Å². The van der Waals surface area contributed by atoms with Crippen molar-refractivity contribution < 1.29 is 19.4 Å². The number of carbonyl (C=O) groups is 2. The number of rotatable bonds is 7. The number of aliphatic carboxylic acids is 1. The Morgan fingerprint density at radius 3 is 2.73 bits per heavy atom. The van der Waals surface area contributed by atoms with Crippen LogP contribution in [0.3, 0.4) is 0 Å². The number of amides is 1. The van der Waals surface area contributed by atoms with E-state index < -0.39 is 18.6 Å². The van der Waals surface area contributed by atoms with Gasteiger partial charge >= 0.3 is 10.8 Å². The van der Waals surface area contributed by atoms with Crippen molar-refractivity contribution in [2.24, 2.45) is 0 Å². The molecule has 0 saturated carbocycles. The summed E-state index contributed by atoms with van der Waals surface area (Å²) < 4.78 is 7.17. The van der Waals surface area contributed by atoms with Crippen molar-refractivity contribution in [3.05, 3.63) is 84.9 Å². The van der Waals surface area contributed by atoms with Crippen molar-refractivity contribution in [1.29, 1.82) is 0 Å². The normalized spacial score (nSPS) is 15.2. The highest BCUT2D eigenvalue weighted by Gasteiger charge is 2.34. The lowest BCUT2D eigenvalue weighted by molar-refractivity contribution is -0.139. The number of carbonyl (C=O) groups excluding carboxylic acids is 1. The zero-order valence-electron chi connectivity index (χ0n) is 18.0. The summed E-state index contributed by atoms with van der Waals surface area (Å²) in [7, 11) is 0. The highest BCUT2D eigenvalue weighted by atomic mass is 35.5. The van der Waals surface area contributed by atoms with Crippen molar-refractivity contribution in [3.63, 3.8) is 0 Å². The van der Waals surface area contributed by atoms with E-state index in [2.05, 4.69) is 0 Å². The van der Waals surface area contributed by atoms with Crippen LogP contribution < -0.4 is 9.61 Å². The zero-order valence-corrected chi connectivity index (χ0v) is 19.6. The second-order valence-corrected chi connectivity index (χ2v) is 9.10. The second-order valence-electron chi connectivity index (χ2n) is 7.85. The number of hydrogen-bond donors (Lipinski definition) is 1. The first-order valence-corrected chi connectivity index (χ1v) is 11.8. The van der Waals surface area contributed by atoms with Crippen LogP contribution >= 0.6 is 22.9 Å². The standard InChI is InChI=1S/C24H23ClN2O5S/c1-15-14-33-24(31)26(15)11-9-21(28)27-10-8-16-4-2-3-5-18(16)23(27)19-12-17(25)6-7-20(19)32-13-22(29)30/h2-7,12,14,23H,8-11,13H2,1H3,(H,29,30). The molecule has 1 N–H and O–H groups in total. The summed E-state index contributed by atoms with van der Waals surface area (Å²) in [4.78, 5) is 38.3. The smallest absolute Gasteiger partial charge is 0.341 e. The lowest BCUT2D eigenvalue weighted by Gasteiger charge is -2.38. The summed E-state index contributed by atoms with van der Waals surface area (Å²) in [6.07, 6.45) is 0.865. The molecule has 1 unspecified atom stereocenters. The molecule has 4 rings (SSSR count). The van der Waals surface area contributed by atoms with Gasteiger partial charge in [-0.15, -0.1) is 0 Å². The van der Waals surface area contributed by atoms with Crippen LogP contribution in [0.2, 0.25) is 5.02 Å². The number of carboxylic acid groups (broad SMARTS) is 1. The molecular weight excluding hydrogens is 464 g/mol. The van der Waals surface area contributed by atoms with Gasteiger partial charge in [-0.1, -0.05) is 47.2 Å².